The van der Waals surface area contributed by atoms with Crippen LogP contribution in [0.5, 0.6) is 0 Å². The SMILES string of the molecule is NC1=N[C@H]2[C@H](CN3C(=O)CN(c4ccccc4)C3=O)N=C(N)N3CC(NC(=O)c4cccc5c4CC(F)(F)CC5)C(O)(O)C23N1. The molecule has 14 nitrogen and oxygen atoms in total. The molecule has 1 spiro atoms. The molecule has 0 bridgehead atoms. The van der Waals surface area contributed by atoms with Crippen molar-refractivity contribution < 1.29 is 33.4 Å². The number of amides is 4. The van der Waals surface area contributed by atoms with Crippen LogP contribution in [-0.2, 0) is 17.6 Å². The Balaban J connectivity index is 1.16. The monoisotopic (exact) mass is 623 g/mol. The molecule has 4 heterocycles. The predicted molar refractivity (Wildman–Crippen MR) is 156 cm³/mol. The van der Waals surface area contributed by atoms with E-state index in [1.54, 1.807) is 42.5 Å². The first kappa shape index (κ1) is 28.9. The molecule has 2 unspecified atom stereocenters. The molecule has 0 aromatic heterocycles. The predicted octanol–water partition coefficient (Wildman–Crippen LogP) is -0.946. The van der Waals surface area contributed by atoms with Crippen molar-refractivity contribution in [1.29, 1.82) is 0 Å². The fraction of sp³-hybridized carbons (Fsp3) is 0.414. The number of para-hydroxylation sites is 1. The van der Waals surface area contributed by atoms with Gasteiger partial charge in [0.05, 0.1) is 12.6 Å². The van der Waals surface area contributed by atoms with Crippen LogP contribution >= 0.6 is 0 Å². The molecule has 5 aliphatic rings. The third-order valence-corrected chi connectivity index (χ3v) is 9.31. The van der Waals surface area contributed by atoms with Crippen molar-refractivity contribution >= 4 is 35.5 Å². The lowest BCUT2D eigenvalue weighted by Gasteiger charge is -2.49. The number of aliphatic imine (C=N–C) groups is 2. The second-order valence-electron chi connectivity index (χ2n) is 12.0. The summed E-state index contributed by atoms with van der Waals surface area (Å²) in [6, 6.07) is 9.12. The standard InChI is InChI=1S/C29H31F2N9O5/c30-27(31)10-9-15-5-4-8-17(18(15)11-27)23(42)35-20-13-40-25(33)34-19(22-28(40,29(20,44)45)37-24(32)36-22)12-39-21(41)14-38(26(39)43)16-6-2-1-3-7-16/h1-8,19-20,22,44-45H,9-14H2,(H2,33,34)(H,35,42)(H3,32,36,37)/t19-,20?,22-,28?/m0/s1. The van der Waals surface area contributed by atoms with E-state index < -0.39 is 59.8 Å². The van der Waals surface area contributed by atoms with Crippen molar-refractivity contribution in [1.82, 2.24) is 20.4 Å². The lowest BCUT2D eigenvalue weighted by atomic mass is 9.84. The number of guanidine groups is 2. The third kappa shape index (κ3) is 4.30. The van der Waals surface area contributed by atoms with Crippen LogP contribution in [0.15, 0.2) is 58.5 Å². The topological polar surface area (TPSA) is 202 Å². The Kier molecular flexibility index (Phi) is 6.32. The molecule has 4 amide bonds. The number of urea groups is 1. The minimum Gasteiger partial charge on any atom is -0.370 e. The average molecular weight is 624 g/mol. The Morgan fingerprint density at radius 1 is 1.09 bits per heavy atom. The van der Waals surface area contributed by atoms with Gasteiger partial charge in [-0.1, -0.05) is 30.3 Å². The van der Waals surface area contributed by atoms with Crippen molar-refractivity contribution in [3.63, 3.8) is 0 Å². The van der Waals surface area contributed by atoms with Crippen LogP contribution in [0.4, 0.5) is 19.3 Å². The molecule has 7 rings (SSSR count). The molecule has 16 heteroatoms. The van der Waals surface area contributed by atoms with Crippen LogP contribution in [0.25, 0.3) is 0 Å². The highest BCUT2D eigenvalue weighted by molar-refractivity contribution is 6.12. The number of halogens is 2. The van der Waals surface area contributed by atoms with E-state index in [4.69, 9.17) is 11.5 Å². The van der Waals surface area contributed by atoms with E-state index >= 15 is 0 Å². The number of aryl methyl sites for hydroxylation is 1. The van der Waals surface area contributed by atoms with E-state index in [2.05, 4.69) is 20.6 Å². The molecule has 45 heavy (non-hydrogen) atoms. The Bertz CT molecular complexity index is 1670. The summed E-state index contributed by atoms with van der Waals surface area (Å²) in [5.41, 5.74) is 11.8. The Hall–Kier alpha value is -4.83. The van der Waals surface area contributed by atoms with Crippen molar-refractivity contribution in [2.24, 2.45) is 21.5 Å². The number of hydrogen-bond acceptors (Lipinski definition) is 11. The number of carbonyl (C=O) groups excluding carboxylic acids is 3. The first-order chi connectivity index (χ1) is 21.3. The second-order valence-corrected chi connectivity index (χ2v) is 12.0. The maximum absolute atomic E-state index is 14.3. The number of anilines is 1. The summed E-state index contributed by atoms with van der Waals surface area (Å²) in [6.45, 7) is -0.757. The highest BCUT2D eigenvalue weighted by Crippen LogP contribution is 2.45. The molecule has 1 aliphatic carbocycles. The van der Waals surface area contributed by atoms with Gasteiger partial charge in [-0.15, -0.1) is 0 Å². The fourth-order valence-corrected chi connectivity index (χ4v) is 7.14. The Labute approximate surface area is 255 Å². The van der Waals surface area contributed by atoms with E-state index in [-0.39, 0.29) is 55.5 Å². The molecule has 4 atom stereocenters. The van der Waals surface area contributed by atoms with Crippen molar-refractivity contribution in [2.45, 2.75) is 54.8 Å². The maximum Gasteiger partial charge on any atom is 0.331 e. The molecular formula is C29H31F2N9O5. The molecule has 2 aromatic rings. The summed E-state index contributed by atoms with van der Waals surface area (Å²) in [7, 11) is 0. The minimum atomic E-state index is -2.97. The zero-order valence-corrected chi connectivity index (χ0v) is 23.9. The molecule has 0 radical (unpaired) electrons. The van der Waals surface area contributed by atoms with Gasteiger partial charge in [-0.05, 0) is 35.7 Å². The summed E-state index contributed by atoms with van der Waals surface area (Å²) in [6.07, 6.45) is -0.828. The van der Waals surface area contributed by atoms with E-state index in [0.29, 0.717) is 11.3 Å². The van der Waals surface area contributed by atoms with Gasteiger partial charge >= 0.3 is 6.03 Å². The molecule has 2 saturated heterocycles. The largest absolute Gasteiger partial charge is 0.370 e. The number of hydrogen-bond donors (Lipinski definition) is 6. The van der Waals surface area contributed by atoms with Crippen LogP contribution in [0.1, 0.15) is 27.9 Å². The summed E-state index contributed by atoms with van der Waals surface area (Å²) >= 11 is 0. The zero-order valence-electron chi connectivity index (χ0n) is 23.9. The number of imide groups is 1. The van der Waals surface area contributed by atoms with Crippen LogP contribution < -0.4 is 27.0 Å². The number of alkyl halides is 2. The molecule has 8 N–H and O–H groups in total. The first-order valence-electron chi connectivity index (χ1n) is 14.5. The quantitative estimate of drug-likeness (QED) is 0.179. The number of carbonyl (C=O) groups is 3. The van der Waals surface area contributed by atoms with Crippen molar-refractivity contribution in [2.75, 3.05) is 24.5 Å². The van der Waals surface area contributed by atoms with Crippen molar-refractivity contribution in [3.8, 4) is 0 Å². The van der Waals surface area contributed by atoms with Crippen LogP contribution in [0.2, 0.25) is 0 Å². The number of rotatable bonds is 5. The minimum absolute atomic E-state index is 0.00489. The number of nitrogens with two attached hydrogens (primary N) is 2. The van der Waals surface area contributed by atoms with Crippen LogP contribution in [0, 0.1) is 0 Å². The second kappa shape index (κ2) is 9.84. The Morgan fingerprint density at radius 2 is 1.84 bits per heavy atom. The fourth-order valence-electron chi connectivity index (χ4n) is 7.14. The molecule has 4 aliphatic heterocycles. The lowest BCUT2D eigenvalue weighted by Crippen LogP contribution is -2.78. The Morgan fingerprint density at radius 3 is 2.60 bits per heavy atom. The number of benzene rings is 2. The van der Waals surface area contributed by atoms with Gasteiger partial charge in [-0.2, -0.15) is 0 Å². The molecule has 2 fully saturated rings. The van der Waals surface area contributed by atoms with Gasteiger partial charge in [0.2, 0.25) is 5.79 Å². The van der Waals surface area contributed by atoms with E-state index in [1.165, 1.54) is 15.9 Å². The normalized spacial score (nSPS) is 29.4. The van der Waals surface area contributed by atoms with E-state index in [1.807, 2.05) is 0 Å². The summed E-state index contributed by atoms with van der Waals surface area (Å²) in [5.74, 6) is -7.39. The lowest BCUT2D eigenvalue weighted by molar-refractivity contribution is -0.230. The molecule has 0 saturated carbocycles. The number of nitrogens with zero attached hydrogens (tertiary/aromatic N) is 5. The van der Waals surface area contributed by atoms with Gasteiger partial charge < -0.3 is 37.2 Å². The van der Waals surface area contributed by atoms with Gasteiger partial charge in [-0.3, -0.25) is 19.4 Å². The summed E-state index contributed by atoms with van der Waals surface area (Å²) < 4.78 is 28.6. The highest BCUT2D eigenvalue weighted by Gasteiger charge is 2.73. The number of fused-ring (bicyclic) bond motifs is 1. The van der Waals surface area contributed by atoms with E-state index in [0.717, 1.165) is 4.90 Å². The smallest absolute Gasteiger partial charge is 0.331 e. The van der Waals surface area contributed by atoms with Gasteiger partial charge in [0, 0.05) is 30.6 Å². The number of aliphatic hydroxyl groups is 2. The van der Waals surface area contributed by atoms with E-state index in [9.17, 15) is 33.4 Å². The van der Waals surface area contributed by atoms with Gasteiger partial charge in [0.15, 0.2) is 17.6 Å². The van der Waals surface area contributed by atoms with Crippen LogP contribution in [-0.4, -0.2) is 105 Å². The van der Waals surface area contributed by atoms with Gasteiger partial charge in [0.25, 0.3) is 17.7 Å². The van der Waals surface area contributed by atoms with Crippen molar-refractivity contribution in [3.05, 3.63) is 65.2 Å². The average Bonchev–Trinajstić information content (AvgIpc) is 3.57. The summed E-state index contributed by atoms with van der Waals surface area (Å²) in [4.78, 5) is 52.3. The number of nitrogens with one attached hydrogen (secondary N) is 2. The van der Waals surface area contributed by atoms with Gasteiger partial charge in [0.1, 0.15) is 18.6 Å². The molecule has 236 valence electrons. The zero-order chi connectivity index (χ0) is 31.9. The van der Waals surface area contributed by atoms with Gasteiger partial charge in [-0.25, -0.2) is 23.6 Å². The third-order valence-electron chi connectivity index (χ3n) is 9.31. The summed E-state index contributed by atoms with van der Waals surface area (Å²) in [5, 5.41) is 28.9. The highest BCUT2D eigenvalue weighted by atomic mass is 19.3. The molecule has 2 aromatic carbocycles. The maximum atomic E-state index is 14.3. The van der Waals surface area contributed by atoms with Crippen LogP contribution in [0.3, 0.4) is 0 Å². The molecular weight excluding hydrogens is 592 g/mol. The first-order valence-corrected chi connectivity index (χ1v) is 14.5.